The zero-order valence-electron chi connectivity index (χ0n) is 18.3. The fourth-order valence-electron chi connectivity index (χ4n) is 2.91. The van der Waals surface area contributed by atoms with Crippen LogP contribution >= 0.6 is 0 Å². The number of para-hydroxylation sites is 1. The minimum atomic E-state index is -0.630. The summed E-state index contributed by atoms with van der Waals surface area (Å²) in [7, 11) is 0. The molecular formula is C23H26N4O4. The number of carbonyl (C=O) groups excluding carboxylic acids is 2. The highest BCUT2D eigenvalue weighted by Gasteiger charge is 2.20. The van der Waals surface area contributed by atoms with Gasteiger partial charge in [0.2, 0.25) is 5.88 Å². The molecule has 2 heterocycles. The number of benzene rings is 1. The first kappa shape index (κ1) is 22.0. The Morgan fingerprint density at radius 1 is 1.19 bits per heavy atom. The first-order valence-electron chi connectivity index (χ1n) is 9.88. The normalized spacial score (nSPS) is 11.6. The lowest BCUT2D eigenvalue weighted by Gasteiger charge is -2.12. The summed E-state index contributed by atoms with van der Waals surface area (Å²) < 4.78 is 11.9. The smallest absolute Gasteiger partial charge is 0.331 e. The monoisotopic (exact) mass is 422 g/mol. The quantitative estimate of drug-likeness (QED) is 0.477. The largest absolute Gasteiger partial charge is 0.452 e. The van der Waals surface area contributed by atoms with Gasteiger partial charge in [-0.3, -0.25) is 10.1 Å². The summed E-state index contributed by atoms with van der Waals surface area (Å²) in [5, 5.41) is 11.0. The maximum atomic E-state index is 12.1. The SMILES string of the molecule is Cc1nn(-c2ccccc2)c(C)c1/C=C/C(=O)OCC(=O)Nc1cc(C(C)(C)C)no1. The van der Waals surface area contributed by atoms with Crippen molar-refractivity contribution in [1.29, 1.82) is 0 Å². The molecule has 0 aliphatic heterocycles. The molecule has 2 aromatic heterocycles. The van der Waals surface area contributed by atoms with E-state index in [0.29, 0.717) is 5.69 Å². The lowest BCUT2D eigenvalue weighted by molar-refractivity contribution is -0.142. The van der Waals surface area contributed by atoms with Crippen LogP contribution in [0.4, 0.5) is 5.88 Å². The highest BCUT2D eigenvalue weighted by Crippen LogP contribution is 2.23. The average Bonchev–Trinajstić information content (AvgIpc) is 3.30. The summed E-state index contributed by atoms with van der Waals surface area (Å²) in [5.74, 6) is -0.932. The van der Waals surface area contributed by atoms with Crippen molar-refractivity contribution in [3.05, 3.63) is 65.1 Å². The van der Waals surface area contributed by atoms with E-state index in [4.69, 9.17) is 9.26 Å². The predicted octanol–water partition coefficient (Wildman–Crippen LogP) is 3.97. The predicted molar refractivity (Wildman–Crippen MR) is 117 cm³/mol. The van der Waals surface area contributed by atoms with Gasteiger partial charge in [-0.15, -0.1) is 0 Å². The minimum absolute atomic E-state index is 0.200. The van der Waals surface area contributed by atoms with Crippen molar-refractivity contribution in [2.75, 3.05) is 11.9 Å². The Balaban J connectivity index is 1.57. The molecule has 0 fully saturated rings. The van der Waals surface area contributed by atoms with Crippen LogP contribution in [0.3, 0.4) is 0 Å². The van der Waals surface area contributed by atoms with Gasteiger partial charge in [0.1, 0.15) is 0 Å². The van der Waals surface area contributed by atoms with Gasteiger partial charge in [-0.1, -0.05) is 44.1 Å². The summed E-state index contributed by atoms with van der Waals surface area (Å²) in [5.41, 5.74) is 3.94. The molecule has 3 aromatic rings. The molecule has 0 aliphatic rings. The van der Waals surface area contributed by atoms with E-state index in [1.165, 1.54) is 6.08 Å². The Labute approximate surface area is 180 Å². The molecule has 0 saturated heterocycles. The molecule has 0 spiro atoms. The Bertz CT molecular complexity index is 1100. The Morgan fingerprint density at radius 3 is 2.55 bits per heavy atom. The molecule has 0 unspecified atom stereocenters. The third-order valence-corrected chi connectivity index (χ3v) is 4.62. The summed E-state index contributed by atoms with van der Waals surface area (Å²) in [6.07, 6.45) is 2.93. The standard InChI is InChI=1S/C23H26N4O4/c1-15-18(16(2)27(25-15)17-9-7-6-8-10-17)11-12-22(29)30-14-20(28)24-21-13-19(26-31-21)23(3,4)5/h6-13H,14H2,1-5H3,(H,24,28)/b12-11+. The molecular weight excluding hydrogens is 396 g/mol. The summed E-state index contributed by atoms with van der Waals surface area (Å²) in [6, 6.07) is 11.4. The number of anilines is 1. The van der Waals surface area contributed by atoms with Crippen molar-refractivity contribution in [3.63, 3.8) is 0 Å². The number of ether oxygens (including phenoxy) is 1. The first-order chi connectivity index (χ1) is 14.6. The van der Waals surface area contributed by atoms with Gasteiger partial charge in [-0.05, 0) is 32.1 Å². The highest BCUT2D eigenvalue weighted by atomic mass is 16.5. The number of hydrogen-bond acceptors (Lipinski definition) is 6. The number of esters is 1. The molecule has 0 radical (unpaired) electrons. The fraction of sp³-hybridized carbons (Fsp3) is 0.304. The van der Waals surface area contributed by atoms with Crippen molar-refractivity contribution in [1.82, 2.24) is 14.9 Å². The van der Waals surface area contributed by atoms with Crippen molar-refractivity contribution < 1.29 is 18.8 Å². The topological polar surface area (TPSA) is 99.2 Å². The van der Waals surface area contributed by atoms with Gasteiger partial charge in [-0.25, -0.2) is 9.48 Å². The molecule has 1 amide bonds. The van der Waals surface area contributed by atoms with Crippen molar-refractivity contribution in [2.45, 2.75) is 40.0 Å². The molecule has 0 atom stereocenters. The van der Waals surface area contributed by atoms with E-state index >= 15 is 0 Å². The summed E-state index contributed by atoms with van der Waals surface area (Å²) >= 11 is 0. The van der Waals surface area contributed by atoms with Gasteiger partial charge in [0.15, 0.2) is 6.61 Å². The average molecular weight is 422 g/mol. The van der Waals surface area contributed by atoms with Crippen LogP contribution in [0.1, 0.15) is 43.4 Å². The second kappa shape index (κ2) is 8.99. The minimum Gasteiger partial charge on any atom is -0.452 e. The molecule has 8 heteroatoms. The lowest BCUT2D eigenvalue weighted by atomic mass is 9.92. The maximum absolute atomic E-state index is 12.1. The van der Waals surface area contributed by atoms with Gasteiger partial charge < -0.3 is 9.26 Å². The van der Waals surface area contributed by atoms with Gasteiger partial charge in [-0.2, -0.15) is 5.10 Å². The van der Waals surface area contributed by atoms with Crippen LogP contribution in [0, 0.1) is 13.8 Å². The van der Waals surface area contributed by atoms with Gasteiger partial charge in [0.05, 0.1) is 17.1 Å². The van der Waals surface area contributed by atoms with E-state index in [9.17, 15) is 9.59 Å². The number of carbonyl (C=O) groups is 2. The number of rotatable bonds is 6. The van der Waals surface area contributed by atoms with E-state index in [1.807, 2.05) is 69.6 Å². The van der Waals surface area contributed by atoms with Crippen molar-refractivity contribution >= 4 is 23.8 Å². The first-order valence-corrected chi connectivity index (χ1v) is 9.88. The zero-order valence-corrected chi connectivity index (χ0v) is 18.3. The molecule has 0 aliphatic carbocycles. The van der Waals surface area contributed by atoms with Gasteiger partial charge in [0, 0.05) is 28.8 Å². The van der Waals surface area contributed by atoms with Crippen LogP contribution in [-0.4, -0.2) is 33.4 Å². The van der Waals surface area contributed by atoms with Gasteiger partial charge >= 0.3 is 5.97 Å². The molecule has 31 heavy (non-hydrogen) atoms. The van der Waals surface area contributed by atoms with E-state index in [0.717, 1.165) is 22.6 Å². The number of nitrogens with one attached hydrogen (secondary N) is 1. The van der Waals surface area contributed by atoms with Crippen LogP contribution in [0.15, 0.2) is 47.0 Å². The molecule has 0 bridgehead atoms. The number of aromatic nitrogens is 3. The van der Waals surface area contributed by atoms with Crippen LogP contribution in [-0.2, 0) is 19.7 Å². The Hall–Kier alpha value is -3.68. The third-order valence-electron chi connectivity index (χ3n) is 4.62. The summed E-state index contributed by atoms with van der Waals surface area (Å²) in [6.45, 7) is 9.31. The summed E-state index contributed by atoms with van der Waals surface area (Å²) in [4.78, 5) is 24.1. The molecule has 1 N–H and O–H groups in total. The molecule has 3 rings (SSSR count). The van der Waals surface area contributed by atoms with E-state index in [1.54, 1.807) is 12.1 Å². The zero-order chi connectivity index (χ0) is 22.6. The fourth-order valence-corrected chi connectivity index (χ4v) is 2.91. The van der Waals surface area contributed by atoms with Crippen LogP contribution in [0.5, 0.6) is 0 Å². The number of nitrogens with zero attached hydrogens (tertiary/aromatic N) is 3. The molecule has 8 nitrogen and oxygen atoms in total. The maximum Gasteiger partial charge on any atom is 0.331 e. The highest BCUT2D eigenvalue weighted by molar-refractivity contribution is 5.94. The lowest BCUT2D eigenvalue weighted by Crippen LogP contribution is -2.19. The van der Waals surface area contributed by atoms with Gasteiger partial charge in [0.25, 0.3) is 5.91 Å². The van der Waals surface area contributed by atoms with E-state index in [2.05, 4.69) is 15.6 Å². The molecule has 162 valence electrons. The second-order valence-electron chi connectivity index (χ2n) is 8.15. The molecule has 0 saturated carbocycles. The second-order valence-corrected chi connectivity index (χ2v) is 8.15. The Morgan fingerprint density at radius 2 is 1.90 bits per heavy atom. The van der Waals surface area contributed by atoms with Crippen LogP contribution in [0.2, 0.25) is 0 Å². The van der Waals surface area contributed by atoms with E-state index < -0.39 is 18.5 Å². The van der Waals surface area contributed by atoms with Crippen molar-refractivity contribution in [2.24, 2.45) is 0 Å². The van der Waals surface area contributed by atoms with Crippen LogP contribution < -0.4 is 5.32 Å². The number of hydrogen-bond donors (Lipinski definition) is 1. The Kier molecular flexibility index (Phi) is 6.39. The van der Waals surface area contributed by atoms with Crippen molar-refractivity contribution in [3.8, 4) is 5.69 Å². The van der Waals surface area contributed by atoms with Crippen LogP contribution in [0.25, 0.3) is 11.8 Å². The molecule has 1 aromatic carbocycles. The third kappa shape index (κ3) is 5.48. The van der Waals surface area contributed by atoms with E-state index in [-0.39, 0.29) is 11.3 Å². The number of amides is 1. The number of aryl methyl sites for hydroxylation is 1.